The van der Waals surface area contributed by atoms with E-state index >= 15 is 0 Å². The molecule has 0 aliphatic heterocycles. The number of carbonyl (C=O) groups excluding carboxylic acids is 3. The van der Waals surface area contributed by atoms with Gasteiger partial charge in [0.15, 0.2) is 0 Å². The van der Waals surface area contributed by atoms with Gasteiger partial charge in [0.1, 0.15) is 12.1 Å². The van der Waals surface area contributed by atoms with Crippen molar-refractivity contribution in [2.24, 2.45) is 11.8 Å². The Hall–Kier alpha value is -2.41. The van der Waals surface area contributed by atoms with Gasteiger partial charge in [-0.2, -0.15) is 0 Å². The molecule has 0 heterocycles. The van der Waals surface area contributed by atoms with Crippen LogP contribution in [0.5, 0.6) is 0 Å². The number of hydrogen-bond acceptors (Lipinski definition) is 6. The van der Waals surface area contributed by atoms with Crippen LogP contribution in [0.4, 0.5) is 0 Å². The molecule has 0 radical (unpaired) electrons. The van der Waals surface area contributed by atoms with Crippen LogP contribution in [-0.4, -0.2) is 60.1 Å². The highest BCUT2D eigenvalue weighted by Gasteiger charge is 2.35. The van der Waals surface area contributed by atoms with Gasteiger partial charge in [0.25, 0.3) is 0 Å². The monoisotopic (exact) mass is 500 g/mol. The molecule has 2 aliphatic rings. The summed E-state index contributed by atoms with van der Waals surface area (Å²) in [4.78, 5) is 40.6. The molecule has 1 N–H and O–H groups in total. The average Bonchev–Trinajstić information content (AvgIpc) is 3.48. The smallest absolute Gasteiger partial charge is 0.326 e. The third-order valence-corrected chi connectivity index (χ3v) is 7.31. The number of fused-ring (bicyclic) bond motifs is 1. The average molecular weight is 501 g/mol. The number of nitrogens with zero attached hydrogens (tertiary/aromatic N) is 1. The first kappa shape index (κ1) is 28.2. The van der Waals surface area contributed by atoms with Gasteiger partial charge in [-0.05, 0) is 90.3 Å². The van der Waals surface area contributed by atoms with E-state index < -0.39 is 17.6 Å². The Balaban J connectivity index is 1.64. The SMILES string of the molecule is CCOC(=O)[C@H](CCN[C@@H](C)C(=O)N(CC(=O)OC(C)(C)C)C1Cc2ccccc2C1)C1CCCC1. The van der Waals surface area contributed by atoms with Crippen LogP contribution in [0.15, 0.2) is 24.3 Å². The molecular weight excluding hydrogens is 456 g/mol. The number of benzene rings is 1. The highest BCUT2D eigenvalue weighted by atomic mass is 16.6. The first-order valence-electron chi connectivity index (χ1n) is 13.6. The standard InChI is InChI=1S/C29H44N2O5/c1-6-35-28(34)25(21-11-7-8-12-21)15-16-30-20(2)27(33)31(19-26(32)36-29(3,4)5)24-17-22-13-9-10-14-23(22)18-24/h9-10,13-14,20-21,24-25,30H,6-8,11-12,15-19H2,1-5H3/t20-,25+/m0/s1. The predicted molar refractivity (Wildman–Crippen MR) is 139 cm³/mol. The first-order chi connectivity index (χ1) is 17.1. The fraction of sp³-hybridized carbons (Fsp3) is 0.690. The zero-order valence-corrected chi connectivity index (χ0v) is 22.7. The fourth-order valence-electron chi connectivity index (χ4n) is 5.60. The van der Waals surface area contributed by atoms with Crippen LogP contribution >= 0.6 is 0 Å². The molecule has 1 amide bonds. The van der Waals surface area contributed by atoms with E-state index in [0.717, 1.165) is 38.5 Å². The van der Waals surface area contributed by atoms with Gasteiger partial charge in [-0.1, -0.05) is 37.1 Å². The first-order valence-corrected chi connectivity index (χ1v) is 13.6. The van der Waals surface area contributed by atoms with Crippen molar-refractivity contribution in [2.75, 3.05) is 19.7 Å². The molecule has 0 bridgehead atoms. The van der Waals surface area contributed by atoms with Crippen molar-refractivity contribution < 1.29 is 23.9 Å². The molecule has 2 atom stereocenters. The molecule has 7 heteroatoms. The molecular formula is C29H44N2O5. The number of carbonyl (C=O) groups is 3. The maximum Gasteiger partial charge on any atom is 0.326 e. The lowest BCUT2D eigenvalue weighted by Crippen LogP contribution is -2.52. The number of rotatable bonds is 11. The molecule has 7 nitrogen and oxygen atoms in total. The highest BCUT2D eigenvalue weighted by Crippen LogP contribution is 2.34. The van der Waals surface area contributed by atoms with Crippen LogP contribution in [0.1, 0.15) is 77.8 Å². The Morgan fingerprint density at radius 2 is 1.69 bits per heavy atom. The van der Waals surface area contributed by atoms with Crippen LogP contribution in [0.2, 0.25) is 0 Å². The molecule has 200 valence electrons. The Kier molecular flexibility index (Phi) is 9.94. The summed E-state index contributed by atoms with van der Waals surface area (Å²) in [6.07, 6.45) is 6.53. The van der Waals surface area contributed by atoms with Crippen LogP contribution in [0, 0.1) is 11.8 Å². The van der Waals surface area contributed by atoms with E-state index in [1.54, 1.807) is 4.90 Å². The summed E-state index contributed by atoms with van der Waals surface area (Å²) in [5, 5.41) is 3.33. The lowest BCUT2D eigenvalue weighted by Gasteiger charge is -2.32. The lowest BCUT2D eigenvalue weighted by molar-refractivity contribution is -0.160. The normalized spacial score (nSPS) is 17.9. The van der Waals surface area contributed by atoms with Crippen molar-refractivity contribution in [2.45, 2.75) is 97.2 Å². The second-order valence-electron chi connectivity index (χ2n) is 11.3. The van der Waals surface area contributed by atoms with Gasteiger partial charge in [0, 0.05) is 6.04 Å². The minimum absolute atomic E-state index is 0.0751. The molecule has 2 aliphatic carbocycles. The van der Waals surface area contributed by atoms with E-state index in [4.69, 9.17) is 9.47 Å². The van der Waals surface area contributed by atoms with Crippen molar-refractivity contribution in [1.82, 2.24) is 10.2 Å². The minimum atomic E-state index is -0.614. The van der Waals surface area contributed by atoms with Gasteiger partial charge in [0.05, 0.1) is 18.6 Å². The highest BCUT2D eigenvalue weighted by molar-refractivity contribution is 5.86. The Morgan fingerprint density at radius 3 is 2.25 bits per heavy atom. The van der Waals surface area contributed by atoms with Crippen LogP contribution in [0.3, 0.4) is 0 Å². The van der Waals surface area contributed by atoms with Crippen molar-refractivity contribution in [3.8, 4) is 0 Å². The number of nitrogens with one attached hydrogen (secondary N) is 1. The summed E-state index contributed by atoms with van der Waals surface area (Å²) >= 11 is 0. The van der Waals surface area contributed by atoms with Crippen molar-refractivity contribution in [3.05, 3.63) is 35.4 Å². The Labute approximate surface area is 216 Å². The zero-order valence-electron chi connectivity index (χ0n) is 22.7. The zero-order chi connectivity index (χ0) is 26.3. The maximum absolute atomic E-state index is 13.6. The molecule has 0 aromatic heterocycles. The Morgan fingerprint density at radius 1 is 1.08 bits per heavy atom. The summed E-state index contributed by atoms with van der Waals surface area (Å²) < 4.78 is 10.9. The van der Waals surface area contributed by atoms with E-state index in [1.165, 1.54) is 11.1 Å². The molecule has 1 aromatic rings. The number of esters is 2. The van der Waals surface area contributed by atoms with E-state index in [2.05, 4.69) is 17.4 Å². The summed E-state index contributed by atoms with van der Waals surface area (Å²) in [5.41, 5.74) is 1.83. The van der Waals surface area contributed by atoms with E-state index in [-0.39, 0.29) is 30.4 Å². The molecule has 1 saturated carbocycles. The molecule has 1 aromatic carbocycles. The van der Waals surface area contributed by atoms with E-state index in [1.807, 2.05) is 46.8 Å². The summed E-state index contributed by atoms with van der Waals surface area (Å²) in [6, 6.07) is 7.63. The van der Waals surface area contributed by atoms with Crippen LogP contribution < -0.4 is 5.32 Å². The number of amides is 1. The molecule has 0 spiro atoms. The third-order valence-electron chi connectivity index (χ3n) is 7.31. The second kappa shape index (κ2) is 12.7. The van der Waals surface area contributed by atoms with Gasteiger partial charge in [-0.3, -0.25) is 14.4 Å². The summed E-state index contributed by atoms with van der Waals surface area (Å²) in [7, 11) is 0. The minimum Gasteiger partial charge on any atom is -0.466 e. The van der Waals surface area contributed by atoms with Crippen LogP contribution in [-0.2, 0) is 36.7 Å². The van der Waals surface area contributed by atoms with Crippen LogP contribution in [0.25, 0.3) is 0 Å². The van der Waals surface area contributed by atoms with Crippen molar-refractivity contribution >= 4 is 17.8 Å². The van der Waals surface area contributed by atoms with Gasteiger partial charge >= 0.3 is 11.9 Å². The van der Waals surface area contributed by atoms with Gasteiger partial charge in [0.2, 0.25) is 5.91 Å². The molecule has 0 saturated heterocycles. The van der Waals surface area contributed by atoms with Crippen molar-refractivity contribution in [1.29, 1.82) is 0 Å². The molecule has 36 heavy (non-hydrogen) atoms. The van der Waals surface area contributed by atoms with Gasteiger partial charge in [-0.15, -0.1) is 0 Å². The summed E-state index contributed by atoms with van der Waals surface area (Å²) in [6.45, 7) is 10.0. The van der Waals surface area contributed by atoms with Crippen molar-refractivity contribution in [3.63, 3.8) is 0 Å². The third kappa shape index (κ3) is 7.79. The molecule has 0 unspecified atom stereocenters. The quantitative estimate of drug-likeness (QED) is 0.461. The fourth-order valence-corrected chi connectivity index (χ4v) is 5.60. The number of ether oxygens (including phenoxy) is 2. The molecule has 3 rings (SSSR count). The topological polar surface area (TPSA) is 84.9 Å². The summed E-state index contributed by atoms with van der Waals surface area (Å²) in [5.74, 6) is -0.419. The van der Waals surface area contributed by atoms with E-state index in [0.29, 0.717) is 25.5 Å². The molecule has 1 fully saturated rings. The Bertz CT molecular complexity index is 878. The lowest BCUT2D eigenvalue weighted by atomic mass is 9.88. The van der Waals surface area contributed by atoms with Gasteiger partial charge in [-0.25, -0.2) is 0 Å². The predicted octanol–water partition coefficient (Wildman–Crippen LogP) is 4.06. The second-order valence-corrected chi connectivity index (χ2v) is 11.3. The maximum atomic E-state index is 13.6. The largest absolute Gasteiger partial charge is 0.466 e. The van der Waals surface area contributed by atoms with Gasteiger partial charge < -0.3 is 19.7 Å². The number of hydrogen-bond donors (Lipinski definition) is 1. The van der Waals surface area contributed by atoms with E-state index in [9.17, 15) is 14.4 Å².